The molecule has 22 heavy (non-hydrogen) atoms. The summed E-state index contributed by atoms with van der Waals surface area (Å²) in [7, 11) is 0. The van der Waals surface area contributed by atoms with Crippen LogP contribution in [0.1, 0.15) is 54.4 Å². The summed E-state index contributed by atoms with van der Waals surface area (Å²) in [6.07, 6.45) is 17.5. The molecule has 0 bridgehead atoms. The van der Waals surface area contributed by atoms with Crippen molar-refractivity contribution in [1.82, 2.24) is 0 Å². The maximum atomic E-state index is 3.31. The van der Waals surface area contributed by atoms with Gasteiger partial charge in [-0.3, -0.25) is 12.2 Å². The molecule has 0 aromatic carbocycles. The zero-order chi connectivity index (χ0) is 15.5. The van der Waals surface area contributed by atoms with E-state index in [2.05, 4.69) is 98.0 Å². The minimum atomic E-state index is 0. The van der Waals surface area contributed by atoms with Gasteiger partial charge in [0.2, 0.25) is 0 Å². The van der Waals surface area contributed by atoms with Crippen molar-refractivity contribution in [3.63, 3.8) is 0 Å². The number of hydrogen-bond acceptors (Lipinski definition) is 0. The summed E-state index contributed by atoms with van der Waals surface area (Å²) in [4.78, 5) is 0. The molecule has 0 aromatic rings. The fourth-order valence-corrected chi connectivity index (χ4v) is 1.74. The second-order valence-electron chi connectivity index (χ2n) is 5.34. The Morgan fingerprint density at radius 3 is 1.27 bits per heavy atom. The quantitative estimate of drug-likeness (QED) is 0.448. The van der Waals surface area contributed by atoms with E-state index >= 15 is 0 Å². The molecule has 2 rings (SSSR count). The first-order valence-electron chi connectivity index (χ1n) is 7.51. The average Bonchev–Trinajstić information content (AvgIpc) is 2.97. The third-order valence-electron chi connectivity index (χ3n) is 2.76. The van der Waals surface area contributed by atoms with E-state index in [0.29, 0.717) is 11.8 Å². The van der Waals surface area contributed by atoms with Crippen molar-refractivity contribution in [2.24, 2.45) is 11.8 Å². The number of hydrogen-bond donors (Lipinski definition) is 0. The fourth-order valence-electron chi connectivity index (χ4n) is 1.74. The topological polar surface area (TPSA) is 0 Å². The first-order chi connectivity index (χ1) is 9.38. The Morgan fingerprint density at radius 1 is 0.909 bits per heavy atom. The predicted octanol–water partition coefficient (Wildman–Crippen LogP) is -0.583. The summed E-state index contributed by atoms with van der Waals surface area (Å²) >= 11 is 2.08. The summed E-state index contributed by atoms with van der Waals surface area (Å²) in [5.74, 6) is 1.12. The van der Waals surface area contributed by atoms with E-state index in [0.717, 1.165) is 12.8 Å². The number of rotatable bonds is 2. The molecule has 0 heterocycles. The van der Waals surface area contributed by atoms with Crippen molar-refractivity contribution in [3.05, 3.63) is 47.6 Å². The predicted molar refractivity (Wildman–Crippen MR) is 87.1 cm³/mol. The monoisotopic (exact) mass is 374 g/mol. The van der Waals surface area contributed by atoms with Gasteiger partial charge in [0.1, 0.15) is 0 Å². The second kappa shape index (κ2) is 16.0. The van der Waals surface area contributed by atoms with Crippen molar-refractivity contribution in [1.29, 1.82) is 0 Å². The molecule has 0 saturated carbocycles. The summed E-state index contributed by atoms with van der Waals surface area (Å²) in [5, 5.41) is 0. The molecule has 2 unspecified atom stereocenters. The maximum absolute atomic E-state index is 3.31. The van der Waals surface area contributed by atoms with Crippen molar-refractivity contribution in [3.8, 4) is 0 Å². The molecule has 0 amide bonds. The molecule has 0 saturated heterocycles. The Kier molecular flexibility index (Phi) is 19.6. The Labute approximate surface area is 162 Å². The molecular formula is C19H28Cl2Ti-2. The van der Waals surface area contributed by atoms with Crippen LogP contribution >= 0.6 is 0 Å². The van der Waals surface area contributed by atoms with Crippen molar-refractivity contribution < 1.29 is 44.8 Å². The van der Waals surface area contributed by atoms with Gasteiger partial charge >= 0.3 is 37.6 Å². The fraction of sp³-hybridized carbons (Fsp3) is 0.526. The van der Waals surface area contributed by atoms with Gasteiger partial charge in [0.25, 0.3) is 0 Å². The molecule has 0 nitrogen and oxygen atoms in total. The molecule has 0 fully saturated rings. The minimum absolute atomic E-state index is 0. The molecule has 0 aliphatic heterocycles. The van der Waals surface area contributed by atoms with E-state index in [1.165, 1.54) is 15.0 Å². The van der Waals surface area contributed by atoms with Crippen LogP contribution in [-0.2, 0) is 20.0 Å². The van der Waals surface area contributed by atoms with Crippen LogP contribution in [0.2, 0.25) is 0 Å². The summed E-state index contributed by atoms with van der Waals surface area (Å²) in [5.41, 5.74) is 2.72. The van der Waals surface area contributed by atoms with E-state index in [1.54, 1.807) is 0 Å². The van der Waals surface area contributed by atoms with Crippen molar-refractivity contribution >= 4 is 3.81 Å². The Bertz CT molecular complexity index is 379. The van der Waals surface area contributed by atoms with Crippen LogP contribution in [0.5, 0.6) is 0 Å². The molecule has 0 spiro atoms. The van der Waals surface area contributed by atoms with Crippen LogP contribution in [-0.4, -0.2) is 3.81 Å². The molecule has 0 N–H and O–H groups in total. The van der Waals surface area contributed by atoms with Gasteiger partial charge in [0.05, 0.1) is 0 Å². The number of halogens is 2. The normalized spacial score (nSPS) is 20.4. The first-order valence-corrected chi connectivity index (χ1v) is 8.29. The summed E-state index contributed by atoms with van der Waals surface area (Å²) in [6, 6.07) is 0. The molecule has 2 atom stereocenters. The van der Waals surface area contributed by atoms with Gasteiger partial charge < -0.3 is 24.8 Å². The van der Waals surface area contributed by atoms with E-state index < -0.39 is 0 Å². The van der Waals surface area contributed by atoms with Crippen molar-refractivity contribution in [2.45, 2.75) is 54.4 Å². The van der Waals surface area contributed by atoms with Gasteiger partial charge in [-0.25, -0.2) is 23.3 Å². The SMILES string of the molecule is CCC1=[C-]C(C)C=C1.CCC1=[C-]C(C)C=C1.C[C](C)=[Ti+2].[Cl-].[Cl-]. The van der Waals surface area contributed by atoms with Gasteiger partial charge in [-0.2, -0.15) is 12.2 Å². The van der Waals surface area contributed by atoms with Crippen LogP contribution < -0.4 is 24.8 Å². The Hall–Kier alpha value is 0.124. The first kappa shape index (κ1) is 27.0. The molecule has 124 valence electrons. The molecular weight excluding hydrogens is 347 g/mol. The molecule has 2 aliphatic carbocycles. The molecule has 0 radical (unpaired) electrons. The van der Waals surface area contributed by atoms with Gasteiger partial charge in [0.15, 0.2) is 0 Å². The maximum Gasteiger partial charge on any atom is -1.00 e. The van der Waals surface area contributed by atoms with E-state index in [9.17, 15) is 0 Å². The third-order valence-corrected chi connectivity index (χ3v) is 2.76. The van der Waals surface area contributed by atoms with Crippen LogP contribution in [0.15, 0.2) is 35.5 Å². The largest absolute Gasteiger partial charge is 1.00 e. The average molecular weight is 375 g/mol. The zero-order valence-corrected chi connectivity index (χ0v) is 17.7. The standard InChI is InChI=1S/2C8H11.C3H6.2ClH.Ti/c2*1-3-8-5-4-7(2)6-8;1-3-2;;;/h2*4-5,7H,3H2,1-2H3;1-2H3;2*1H;/q2*-1;;;;+2/p-2. The Morgan fingerprint density at radius 2 is 1.18 bits per heavy atom. The van der Waals surface area contributed by atoms with Crippen LogP contribution in [0, 0.1) is 24.0 Å². The zero-order valence-electron chi connectivity index (χ0n) is 14.6. The molecule has 3 heteroatoms. The van der Waals surface area contributed by atoms with Crippen LogP contribution in [0.25, 0.3) is 0 Å². The van der Waals surface area contributed by atoms with E-state index in [-0.39, 0.29) is 24.8 Å². The number of allylic oxidation sites excluding steroid dienone is 8. The van der Waals surface area contributed by atoms with Crippen LogP contribution in [0.4, 0.5) is 0 Å². The van der Waals surface area contributed by atoms with E-state index in [1.807, 2.05) is 0 Å². The summed E-state index contributed by atoms with van der Waals surface area (Å²) < 4.78 is 1.42. The van der Waals surface area contributed by atoms with Gasteiger partial charge in [-0.05, 0) is 0 Å². The van der Waals surface area contributed by atoms with E-state index in [4.69, 9.17) is 0 Å². The Balaban J connectivity index is -0.000000249. The summed E-state index contributed by atoms with van der Waals surface area (Å²) in [6.45, 7) is 12.8. The van der Waals surface area contributed by atoms with Gasteiger partial charge in [-0.15, -0.1) is 0 Å². The second-order valence-corrected chi connectivity index (χ2v) is 6.90. The molecule has 0 aromatic heterocycles. The smallest absolute Gasteiger partial charge is 1.00 e. The van der Waals surface area contributed by atoms with Crippen molar-refractivity contribution in [2.75, 3.05) is 0 Å². The van der Waals surface area contributed by atoms with Gasteiger partial charge in [0, 0.05) is 0 Å². The van der Waals surface area contributed by atoms with Gasteiger partial charge in [-0.1, -0.05) is 52.4 Å². The van der Waals surface area contributed by atoms with Crippen LogP contribution in [0.3, 0.4) is 0 Å². The third kappa shape index (κ3) is 15.0. The molecule has 2 aliphatic rings. The minimum Gasteiger partial charge on any atom is -1.00 e.